The highest BCUT2D eigenvalue weighted by Crippen LogP contribution is 2.38. The van der Waals surface area contributed by atoms with E-state index in [9.17, 15) is 4.79 Å². The Kier molecular flexibility index (Phi) is 5.74. The van der Waals surface area contributed by atoms with Crippen molar-refractivity contribution < 1.29 is 14.3 Å². The topological polar surface area (TPSA) is 47.6 Å². The number of hydrogen-bond donors (Lipinski definition) is 1. The predicted octanol–water partition coefficient (Wildman–Crippen LogP) is 5.46. The number of halogens is 3. The molecule has 4 nitrogen and oxygen atoms in total. The Balaban J connectivity index is 1.74. The van der Waals surface area contributed by atoms with Crippen LogP contribution in [0.4, 0.5) is 5.69 Å². The zero-order valence-corrected chi connectivity index (χ0v) is 15.3. The molecule has 3 rings (SSSR count). The zero-order chi connectivity index (χ0) is 17.8. The summed E-state index contributed by atoms with van der Waals surface area (Å²) in [6.07, 6.45) is 3.82. The highest BCUT2D eigenvalue weighted by atomic mass is 35.5. The van der Waals surface area contributed by atoms with Crippen molar-refractivity contribution >= 4 is 52.5 Å². The van der Waals surface area contributed by atoms with Gasteiger partial charge in [0.1, 0.15) is 0 Å². The molecule has 0 bridgehead atoms. The standard InChI is InChI=1S/C18H14Cl3NO3/c19-12-3-4-15(13(20)10-12)22-17(23)5-2-11-8-14(21)18-16(9-11)24-6-1-7-25-18/h2-5,8-10H,1,6-7H2,(H,22,23)/b5-2+. The first-order valence-corrected chi connectivity index (χ1v) is 8.69. The SMILES string of the molecule is O=C(/C=C/c1cc(Cl)c2c(c1)OCCCO2)Nc1ccc(Cl)cc1Cl. The van der Waals surface area contributed by atoms with Crippen LogP contribution >= 0.6 is 34.8 Å². The molecule has 0 atom stereocenters. The maximum absolute atomic E-state index is 12.1. The Hall–Kier alpha value is -1.88. The van der Waals surface area contributed by atoms with E-state index in [-0.39, 0.29) is 5.91 Å². The summed E-state index contributed by atoms with van der Waals surface area (Å²) < 4.78 is 11.2. The minimum atomic E-state index is -0.326. The number of benzene rings is 2. The molecule has 0 spiro atoms. The predicted molar refractivity (Wildman–Crippen MR) is 101 cm³/mol. The first-order chi connectivity index (χ1) is 12.0. The zero-order valence-electron chi connectivity index (χ0n) is 13.0. The van der Waals surface area contributed by atoms with Crippen LogP contribution in [0.15, 0.2) is 36.4 Å². The molecule has 1 amide bonds. The molecule has 0 aromatic heterocycles. The molecule has 0 saturated heterocycles. The first-order valence-electron chi connectivity index (χ1n) is 7.56. The minimum absolute atomic E-state index is 0.326. The van der Waals surface area contributed by atoms with Crippen LogP contribution < -0.4 is 14.8 Å². The summed E-state index contributed by atoms with van der Waals surface area (Å²) in [5, 5.41) is 4.00. The fraction of sp³-hybridized carbons (Fsp3) is 0.167. The van der Waals surface area contributed by atoms with Gasteiger partial charge < -0.3 is 14.8 Å². The molecular formula is C18H14Cl3NO3. The van der Waals surface area contributed by atoms with Gasteiger partial charge in [0, 0.05) is 17.5 Å². The molecule has 1 aliphatic rings. The van der Waals surface area contributed by atoms with E-state index in [4.69, 9.17) is 44.3 Å². The van der Waals surface area contributed by atoms with Crippen molar-refractivity contribution in [1.82, 2.24) is 0 Å². The maximum Gasteiger partial charge on any atom is 0.248 e. The number of anilines is 1. The molecule has 1 aliphatic heterocycles. The Morgan fingerprint density at radius 3 is 2.64 bits per heavy atom. The van der Waals surface area contributed by atoms with E-state index in [0.29, 0.717) is 45.5 Å². The molecule has 7 heteroatoms. The molecule has 2 aromatic carbocycles. The molecular weight excluding hydrogens is 385 g/mol. The Labute approximate surface area is 160 Å². The third kappa shape index (κ3) is 4.60. The van der Waals surface area contributed by atoms with Gasteiger partial charge in [0.25, 0.3) is 0 Å². The molecule has 130 valence electrons. The maximum atomic E-state index is 12.1. The van der Waals surface area contributed by atoms with Crippen molar-refractivity contribution in [3.63, 3.8) is 0 Å². The minimum Gasteiger partial charge on any atom is -0.489 e. The van der Waals surface area contributed by atoms with E-state index in [1.165, 1.54) is 6.08 Å². The third-order valence-electron chi connectivity index (χ3n) is 3.44. The summed E-state index contributed by atoms with van der Waals surface area (Å²) in [6.45, 7) is 1.12. The number of carbonyl (C=O) groups excluding carboxylic acids is 1. The van der Waals surface area contributed by atoms with Crippen LogP contribution in [-0.2, 0) is 4.79 Å². The summed E-state index contributed by atoms with van der Waals surface area (Å²) in [5.41, 5.74) is 1.21. The van der Waals surface area contributed by atoms with Crippen molar-refractivity contribution in [2.75, 3.05) is 18.5 Å². The molecule has 0 fully saturated rings. The van der Waals surface area contributed by atoms with Crippen LogP contribution in [0.3, 0.4) is 0 Å². The van der Waals surface area contributed by atoms with Gasteiger partial charge in [0.05, 0.1) is 28.9 Å². The molecule has 2 aromatic rings. The average Bonchev–Trinajstić information content (AvgIpc) is 2.81. The van der Waals surface area contributed by atoms with Crippen molar-refractivity contribution in [3.05, 3.63) is 57.0 Å². The van der Waals surface area contributed by atoms with Gasteiger partial charge in [-0.1, -0.05) is 34.8 Å². The molecule has 0 saturated carbocycles. The van der Waals surface area contributed by atoms with Crippen LogP contribution in [0.25, 0.3) is 6.08 Å². The first kappa shape index (κ1) is 17.9. The van der Waals surface area contributed by atoms with Crippen molar-refractivity contribution in [2.24, 2.45) is 0 Å². The number of hydrogen-bond acceptors (Lipinski definition) is 3. The van der Waals surface area contributed by atoms with E-state index in [0.717, 1.165) is 12.0 Å². The smallest absolute Gasteiger partial charge is 0.248 e. The fourth-order valence-electron chi connectivity index (χ4n) is 2.28. The largest absolute Gasteiger partial charge is 0.489 e. The second kappa shape index (κ2) is 8.00. The van der Waals surface area contributed by atoms with Crippen molar-refractivity contribution in [1.29, 1.82) is 0 Å². The normalized spacial score (nSPS) is 13.6. The van der Waals surface area contributed by atoms with Crippen LogP contribution in [-0.4, -0.2) is 19.1 Å². The summed E-state index contributed by atoms with van der Waals surface area (Å²) in [7, 11) is 0. The lowest BCUT2D eigenvalue weighted by Crippen LogP contribution is -2.08. The van der Waals surface area contributed by atoms with Crippen molar-refractivity contribution in [3.8, 4) is 11.5 Å². The highest BCUT2D eigenvalue weighted by molar-refractivity contribution is 6.36. The Morgan fingerprint density at radius 1 is 1.04 bits per heavy atom. The van der Waals surface area contributed by atoms with Crippen LogP contribution in [0.5, 0.6) is 11.5 Å². The van der Waals surface area contributed by atoms with E-state index in [1.807, 2.05) is 0 Å². The summed E-state index contributed by atoms with van der Waals surface area (Å²) in [4.78, 5) is 12.1. The molecule has 0 aliphatic carbocycles. The van der Waals surface area contributed by atoms with Gasteiger partial charge in [-0.3, -0.25) is 4.79 Å². The average molecular weight is 399 g/mol. The molecule has 1 N–H and O–H groups in total. The van der Waals surface area contributed by atoms with Gasteiger partial charge in [-0.2, -0.15) is 0 Å². The van der Waals surface area contributed by atoms with Gasteiger partial charge in [0.2, 0.25) is 5.91 Å². The second-order valence-electron chi connectivity index (χ2n) is 5.33. The fourth-order valence-corrected chi connectivity index (χ4v) is 3.01. The quantitative estimate of drug-likeness (QED) is 0.698. The third-order valence-corrected chi connectivity index (χ3v) is 4.27. The molecule has 25 heavy (non-hydrogen) atoms. The number of amides is 1. The second-order valence-corrected chi connectivity index (χ2v) is 6.58. The van der Waals surface area contributed by atoms with E-state index in [2.05, 4.69) is 5.32 Å². The molecule has 1 heterocycles. The lowest BCUT2D eigenvalue weighted by molar-refractivity contribution is -0.111. The number of carbonyl (C=O) groups is 1. The van der Waals surface area contributed by atoms with Crippen LogP contribution in [0.1, 0.15) is 12.0 Å². The van der Waals surface area contributed by atoms with Crippen LogP contribution in [0.2, 0.25) is 15.1 Å². The van der Waals surface area contributed by atoms with Gasteiger partial charge >= 0.3 is 0 Å². The van der Waals surface area contributed by atoms with E-state index < -0.39 is 0 Å². The van der Waals surface area contributed by atoms with E-state index in [1.54, 1.807) is 36.4 Å². The lowest BCUT2D eigenvalue weighted by Gasteiger charge is -2.10. The monoisotopic (exact) mass is 397 g/mol. The number of rotatable bonds is 3. The summed E-state index contributed by atoms with van der Waals surface area (Å²) >= 11 is 18.1. The summed E-state index contributed by atoms with van der Waals surface area (Å²) in [6, 6.07) is 8.35. The Morgan fingerprint density at radius 2 is 1.84 bits per heavy atom. The highest BCUT2D eigenvalue weighted by Gasteiger charge is 2.15. The molecule has 0 radical (unpaired) electrons. The van der Waals surface area contributed by atoms with Crippen LogP contribution in [0, 0.1) is 0 Å². The number of nitrogens with one attached hydrogen (secondary N) is 1. The van der Waals surface area contributed by atoms with Gasteiger partial charge in [-0.05, 0) is 42.0 Å². The molecule has 0 unspecified atom stereocenters. The van der Waals surface area contributed by atoms with Gasteiger partial charge in [-0.25, -0.2) is 0 Å². The van der Waals surface area contributed by atoms with Gasteiger partial charge in [-0.15, -0.1) is 0 Å². The Bertz CT molecular complexity index is 837. The number of fused-ring (bicyclic) bond motifs is 1. The lowest BCUT2D eigenvalue weighted by atomic mass is 10.2. The van der Waals surface area contributed by atoms with Gasteiger partial charge in [0.15, 0.2) is 11.5 Å². The number of ether oxygens (including phenoxy) is 2. The summed E-state index contributed by atoms with van der Waals surface area (Å²) in [5.74, 6) is 0.784. The van der Waals surface area contributed by atoms with E-state index >= 15 is 0 Å². The van der Waals surface area contributed by atoms with Crippen molar-refractivity contribution in [2.45, 2.75) is 6.42 Å².